The number of nitrogens with zero attached hydrogens (tertiary/aromatic N) is 5. The van der Waals surface area contributed by atoms with E-state index < -0.39 is 9.71 Å². The first kappa shape index (κ1) is 32.2. The van der Waals surface area contributed by atoms with Gasteiger partial charge in [-0.25, -0.2) is 4.21 Å². The topological polar surface area (TPSA) is 111 Å². The maximum absolute atomic E-state index is 13.6. The molecule has 2 bridgehead atoms. The van der Waals surface area contributed by atoms with Crippen molar-refractivity contribution in [2.45, 2.75) is 75.2 Å². The van der Waals surface area contributed by atoms with Gasteiger partial charge in [0.2, 0.25) is 0 Å². The number of tetrazole rings is 1. The molecule has 1 fully saturated rings. The Balaban J connectivity index is 1.26. The Morgan fingerprint density at radius 3 is 2.87 bits per heavy atom. The highest BCUT2D eigenvalue weighted by Gasteiger charge is 2.44. The summed E-state index contributed by atoms with van der Waals surface area (Å²) in [6, 6.07) is 11.8. The molecule has 3 heterocycles. The van der Waals surface area contributed by atoms with Crippen molar-refractivity contribution in [3.63, 3.8) is 0 Å². The Kier molecular flexibility index (Phi) is 8.82. The van der Waals surface area contributed by atoms with Gasteiger partial charge in [0.05, 0.1) is 35.2 Å². The second-order valence-electron chi connectivity index (χ2n) is 13.7. The maximum atomic E-state index is 13.6. The molecule has 1 aromatic heterocycles. The zero-order chi connectivity index (χ0) is 32.8. The van der Waals surface area contributed by atoms with Crippen molar-refractivity contribution in [3.8, 4) is 5.75 Å². The highest BCUT2D eigenvalue weighted by molar-refractivity contribution is 7.99. The van der Waals surface area contributed by atoms with E-state index in [0.29, 0.717) is 36.8 Å². The summed E-state index contributed by atoms with van der Waals surface area (Å²) in [7, 11) is -1.15. The third kappa shape index (κ3) is 6.54. The summed E-state index contributed by atoms with van der Waals surface area (Å²) < 4.78 is 29.5. The van der Waals surface area contributed by atoms with Crippen LogP contribution in [0.4, 0.5) is 5.69 Å². The minimum absolute atomic E-state index is 0.134. The minimum atomic E-state index is -2.90. The summed E-state index contributed by atoms with van der Waals surface area (Å²) in [5.74, 6) is 5.52. The van der Waals surface area contributed by atoms with E-state index in [0.717, 1.165) is 61.7 Å². The van der Waals surface area contributed by atoms with Crippen molar-refractivity contribution in [3.05, 3.63) is 76.1 Å². The number of allylic oxidation sites excluding steroid dienone is 1. The summed E-state index contributed by atoms with van der Waals surface area (Å²) in [4.78, 5) is 17.4. The third-order valence-electron chi connectivity index (χ3n) is 10.6. The number of amides is 1. The molecule has 1 saturated carbocycles. The van der Waals surface area contributed by atoms with Crippen LogP contribution >= 0.6 is 11.6 Å². The summed E-state index contributed by atoms with van der Waals surface area (Å²) >= 11 is 6.45. The molecule has 2 aliphatic heterocycles. The number of rotatable bonds is 3. The molecule has 0 radical (unpaired) electrons. The molecule has 1 unspecified atom stereocenters. The molecule has 250 valence electrons. The van der Waals surface area contributed by atoms with Crippen LogP contribution in [0.3, 0.4) is 0 Å². The van der Waals surface area contributed by atoms with Gasteiger partial charge in [0.15, 0.2) is 5.82 Å². The minimum Gasteiger partial charge on any atom is -0.490 e. The van der Waals surface area contributed by atoms with Crippen LogP contribution in [0.5, 0.6) is 5.75 Å². The smallest absolute Gasteiger partial charge is 0.262 e. The van der Waals surface area contributed by atoms with Gasteiger partial charge in [0.25, 0.3) is 5.91 Å². The molecule has 7 rings (SSSR count). The normalized spacial score (nSPS) is 31.5. The fraction of sp³-hybridized carbons (Fsp3) is 0.514. The van der Waals surface area contributed by atoms with E-state index in [1.54, 1.807) is 13.1 Å². The Bertz CT molecular complexity index is 1790. The van der Waals surface area contributed by atoms with Crippen molar-refractivity contribution in [1.29, 1.82) is 0 Å². The molecule has 12 heteroatoms. The Hall–Kier alpha value is -3.41. The number of carbonyl (C=O) groups excluding carboxylic acids is 1. The summed E-state index contributed by atoms with van der Waals surface area (Å²) in [6.07, 6.45) is 10.6. The number of ether oxygens (including phenoxy) is 2. The predicted octanol–water partition coefficient (Wildman–Crippen LogP) is 5.05. The lowest BCUT2D eigenvalue weighted by atomic mass is 9.68. The predicted molar refractivity (Wildman–Crippen MR) is 184 cm³/mol. The Morgan fingerprint density at radius 1 is 1.21 bits per heavy atom. The number of carbonyl (C=O) groups is 1. The van der Waals surface area contributed by atoms with E-state index in [1.165, 1.54) is 15.9 Å². The fourth-order valence-corrected chi connectivity index (χ4v) is 9.08. The first-order valence-corrected chi connectivity index (χ1v) is 18.8. The van der Waals surface area contributed by atoms with Crippen molar-refractivity contribution < 1.29 is 18.5 Å². The van der Waals surface area contributed by atoms with Crippen LogP contribution in [0, 0.1) is 11.8 Å². The van der Waals surface area contributed by atoms with Gasteiger partial charge < -0.3 is 14.4 Å². The molecule has 3 aromatic rings. The monoisotopic (exact) mass is 678 g/mol. The van der Waals surface area contributed by atoms with E-state index in [4.69, 9.17) is 21.1 Å². The lowest BCUT2D eigenvalue weighted by Crippen LogP contribution is -2.49. The summed E-state index contributed by atoms with van der Waals surface area (Å²) in [5, 5.41) is 12.8. The number of hydrogen-bond donors (Lipinski definition) is 1. The lowest BCUT2D eigenvalue weighted by Gasteiger charge is -2.46. The second kappa shape index (κ2) is 12.9. The number of aryl methyl sites for hydroxylation is 2. The number of aromatic nitrogens is 4. The molecule has 2 aromatic carbocycles. The molecule has 4 aliphatic rings. The number of nitrogens with one attached hydrogen (secondary N) is 1. The zero-order valence-corrected chi connectivity index (χ0v) is 28.6. The van der Waals surface area contributed by atoms with E-state index in [9.17, 15) is 9.00 Å². The largest absolute Gasteiger partial charge is 0.490 e. The molecule has 1 spiro atoms. The first-order valence-electron chi connectivity index (χ1n) is 16.6. The van der Waals surface area contributed by atoms with Gasteiger partial charge in [-0.15, -0.1) is 10.2 Å². The number of halogens is 1. The van der Waals surface area contributed by atoms with Crippen LogP contribution < -0.4 is 14.4 Å². The average Bonchev–Trinajstić information content (AvgIpc) is 3.39. The SMILES string of the molecule is C=S1(=O)NC(=O)c2ccc3c(c2)N(C[C@@H]2CC[C@H]2[C@@H](OCc2nnn(C)n2)/C=C/CC[C@H]1C)C[C@@]1(CCCc2cc(Cl)ccc21)CO3. The average molecular weight is 679 g/mol. The molecule has 1 amide bonds. The fourth-order valence-electron chi connectivity index (χ4n) is 7.73. The number of benzene rings is 2. The quantitative estimate of drug-likeness (QED) is 0.303. The highest BCUT2D eigenvalue weighted by atomic mass is 35.5. The number of hydrogen-bond acceptors (Lipinski definition) is 8. The van der Waals surface area contributed by atoms with Gasteiger partial charge in [-0.1, -0.05) is 29.8 Å². The number of anilines is 1. The van der Waals surface area contributed by atoms with Crippen LogP contribution in [0.25, 0.3) is 0 Å². The number of fused-ring (bicyclic) bond motifs is 4. The Morgan fingerprint density at radius 2 is 2.09 bits per heavy atom. The molecule has 10 nitrogen and oxygen atoms in total. The maximum Gasteiger partial charge on any atom is 0.262 e. The van der Waals surface area contributed by atoms with E-state index in [2.05, 4.69) is 55.2 Å². The van der Waals surface area contributed by atoms with Gasteiger partial charge in [-0.05, 0) is 116 Å². The van der Waals surface area contributed by atoms with Crippen LogP contribution in [0.2, 0.25) is 5.02 Å². The van der Waals surface area contributed by atoms with Gasteiger partial charge in [0, 0.05) is 34.3 Å². The van der Waals surface area contributed by atoms with Crippen LogP contribution in [-0.4, -0.2) is 67.2 Å². The summed E-state index contributed by atoms with van der Waals surface area (Å²) in [6.45, 7) is 4.22. The van der Waals surface area contributed by atoms with Gasteiger partial charge in [0.1, 0.15) is 12.4 Å². The molecule has 2 aliphatic carbocycles. The van der Waals surface area contributed by atoms with E-state index in [1.807, 2.05) is 25.1 Å². The molecule has 47 heavy (non-hydrogen) atoms. The van der Waals surface area contributed by atoms with Crippen LogP contribution in [0.15, 0.2) is 48.6 Å². The van der Waals surface area contributed by atoms with Crippen LogP contribution in [-0.2, 0) is 39.9 Å². The lowest BCUT2D eigenvalue weighted by molar-refractivity contribution is -0.0249. The second-order valence-corrected chi connectivity index (χ2v) is 16.6. The first-order chi connectivity index (χ1) is 22.6. The van der Waals surface area contributed by atoms with Crippen molar-refractivity contribution in [2.75, 3.05) is 24.6 Å². The van der Waals surface area contributed by atoms with Gasteiger partial charge >= 0.3 is 0 Å². The van der Waals surface area contributed by atoms with E-state index >= 15 is 0 Å². The van der Waals surface area contributed by atoms with Crippen molar-refractivity contribution in [1.82, 2.24) is 24.9 Å². The summed E-state index contributed by atoms with van der Waals surface area (Å²) in [5.41, 5.74) is 3.67. The van der Waals surface area contributed by atoms with Gasteiger partial charge in [-0.2, -0.15) is 4.80 Å². The molecule has 1 N–H and O–H groups in total. The standard InChI is InChI=1S/C35H43ClN6O4S/c1-23-7-4-5-9-31(45-20-33-37-40-41(2)38-33)28-13-10-26(28)19-42-21-35(16-6-8-24-17-27(36)12-14-29(24)35)22-46-32-15-11-25(18-30(32)42)34(43)39-47(23,3)44/h5,9,11-12,14-15,17-18,23,26,28,31H,3-4,6-8,10,13,16,19-22H2,1-2H3,(H,39,43,44)/b9-5+/t23-,26+,28-,31+,35+,47?/m1/s1. The molecular formula is C35H43ClN6O4S. The Labute approximate surface area is 282 Å². The zero-order valence-electron chi connectivity index (χ0n) is 27.1. The van der Waals surface area contributed by atoms with E-state index in [-0.39, 0.29) is 35.2 Å². The molecular weight excluding hydrogens is 636 g/mol. The van der Waals surface area contributed by atoms with Crippen LogP contribution in [0.1, 0.15) is 72.8 Å². The molecule has 6 atom stereocenters. The van der Waals surface area contributed by atoms with Crippen molar-refractivity contribution in [2.24, 2.45) is 18.9 Å². The highest BCUT2D eigenvalue weighted by Crippen LogP contribution is 2.47. The third-order valence-corrected chi connectivity index (χ3v) is 12.9. The van der Waals surface area contributed by atoms with Gasteiger partial charge in [-0.3, -0.25) is 9.52 Å². The molecule has 0 saturated heterocycles. The van der Waals surface area contributed by atoms with Crippen molar-refractivity contribution >= 4 is 38.8 Å².